The molecule has 0 aliphatic rings. The summed E-state index contributed by atoms with van der Waals surface area (Å²) in [5, 5.41) is 3.89. The van der Waals surface area contributed by atoms with Crippen molar-refractivity contribution in [1.29, 1.82) is 0 Å². The lowest BCUT2D eigenvalue weighted by Gasteiger charge is -2.13. The van der Waals surface area contributed by atoms with Crippen LogP contribution >= 0.6 is 0 Å². The standard InChI is InChI=1S/C22H24N2O4/c1-15(22(26)24-17-10-12-18(27-2)13-11-17)28-21(25)9-5-6-16-14-23-20-8-4-3-7-19(16)20/h3-4,7-8,10-15,23H,5-6,9H2,1-2H3,(H,24,26). The molecule has 0 fully saturated rings. The van der Waals surface area contributed by atoms with Gasteiger partial charge in [-0.1, -0.05) is 18.2 Å². The number of ether oxygens (including phenoxy) is 2. The van der Waals surface area contributed by atoms with Crippen LogP contribution < -0.4 is 10.1 Å². The van der Waals surface area contributed by atoms with Gasteiger partial charge in [-0.05, 0) is 55.7 Å². The number of rotatable bonds is 8. The number of amides is 1. The van der Waals surface area contributed by atoms with Crippen LogP contribution in [0, 0.1) is 0 Å². The molecular weight excluding hydrogens is 356 g/mol. The molecule has 0 spiro atoms. The Labute approximate surface area is 163 Å². The summed E-state index contributed by atoms with van der Waals surface area (Å²) in [5.41, 5.74) is 2.88. The number of hydrogen-bond donors (Lipinski definition) is 2. The maximum atomic E-state index is 12.2. The number of methoxy groups -OCH3 is 1. The van der Waals surface area contributed by atoms with Gasteiger partial charge in [-0.3, -0.25) is 9.59 Å². The highest BCUT2D eigenvalue weighted by molar-refractivity contribution is 5.95. The van der Waals surface area contributed by atoms with Crippen LogP contribution in [0.1, 0.15) is 25.3 Å². The second kappa shape index (κ2) is 9.08. The summed E-state index contributed by atoms with van der Waals surface area (Å²) >= 11 is 0. The van der Waals surface area contributed by atoms with Gasteiger partial charge in [-0.25, -0.2) is 0 Å². The van der Waals surface area contributed by atoms with Crippen molar-refractivity contribution in [3.05, 3.63) is 60.3 Å². The predicted molar refractivity (Wildman–Crippen MR) is 108 cm³/mol. The van der Waals surface area contributed by atoms with E-state index in [1.54, 1.807) is 38.3 Å². The smallest absolute Gasteiger partial charge is 0.306 e. The Morgan fingerprint density at radius 2 is 1.86 bits per heavy atom. The minimum Gasteiger partial charge on any atom is -0.497 e. The fourth-order valence-corrected chi connectivity index (χ4v) is 2.99. The number of H-pyrrole nitrogens is 1. The first-order chi connectivity index (χ1) is 13.6. The van der Waals surface area contributed by atoms with Gasteiger partial charge in [0.2, 0.25) is 0 Å². The van der Waals surface area contributed by atoms with E-state index in [-0.39, 0.29) is 18.3 Å². The van der Waals surface area contributed by atoms with Crippen molar-refractivity contribution in [2.24, 2.45) is 0 Å². The van der Waals surface area contributed by atoms with Gasteiger partial charge in [0.1, 0.15) is 5.75 Å². The Bertz CT molecular complexity index is 947. The van der Waals surface area contributed by atoms with Crippen molar-refractivity contribution >= 4 is 28.5 Å². The van der Waals surface area contributed by atoms with Gasteiger partial charge >= 0.3 is 5.97 Å². The van der Waals surface area contributed by atoms with E-state index in [1.807, 2.05) is 24.4 Å². The minimum absolute atomic E-state index is 0.264. The topological polar surface area (TPSA) is 80.4 Å². The molecule has 1 atom stereocenters. The van der Waals surface area contributed by atoms with Gasteiger partial charge in [0.05, 0.1) is 7.11 Å². The van der Waals surface area contributed by atoms with Crippen LogP contribution in [0.15, 0.2) is 54.7 Å². The number of esters is 1. The van der Waals surface area contributed by atoms with Gasteiger partial charge in [0.15, 0.2) is 6.10 Å². The molecule has 1 amide bonds. The number of carbonyl (C=O) groups excluding carboxylic acids is 2. The number of aromatic nitrogens is 1. The average Bonchev–Trinajstić information content (AvgIpc) is 3.11. The van der Waals surface area contributed by atoms with Crippen molar-refractivity contribution in [2.45, 2.75) is 32.3 Å². The third-order valence-electron chi connectivity index (χ3n) is 4.54. The van der Waals surface area contributed by atoms with Crippen LogP contribution in [0.4, 0.5) is 5.69 Å². The minimum atomic E-state index is -0.859. The molecule has 1 unspecified atom stereocenters. The molecule has 0 radical (unpaired) electrons. The molecule has 28 heavy (non-hydrogen) atoms. The van der Waals surface area contributed by atoms with E-state index in [1.165, 1.54) is 10.9 Å². The third kappa shape index (κ3) is 4.91. The summed E-state index contributed by atoms with van der Waals surface area (Å²) < 4.78 is 10.3. The molecule has 3 aromatic rings. The lowest BCUT2D eigenvalue weighted by Crippen LogP contribution is -2.29. The highest BCUT2D eigenvalue weighted by Crippen LogP contribution is 2.20. The SMILES string of the molecule is COc1ccc(NC(=O)C(C)OC(=O)CCCc2c[nH]c3ccccc23)cc1. The molecule has 1 heterocycles. The Morgan fingerprint density at radius 1 is 1.11 bits per heavy atom. The van der Waals surface area contributed by atoms with Crippen LogP contribution in [0.2, 0.25) is 0 Å². The van der Waals surface area contributed by atoms with E-state index >= 15 is 0 Å². The fraction of sp³-hybridized carbons (Fsp3) is 0.273. The molecule has 3 rings (SSSR count). The van der Waals surface area contributed by atoms with Crippen LogP contribution in [-0.4, -0.2) is 30.1 Å². The van der Waals surface area contributed by atoms with E-state index in [9.17, 15) is 9.59 Å². The van der Waals surface area contributed by atoms with Crippen molar-refractivity contribution in [1.82, 2.24) is 4.98 Å². The Balaban J connectivity index is 1.43. The molecule has 0 bridgehead atoms. The average molecular weight is 380 g/mol. The monoisotopic (exact) mass is 380 g/mol. The molecule has 0 aliphatic carbocycles. The summed E-state index contributed by atoms with van der Waals surface area (Å²) in [6.07, 6.45) is 2.81. The van der Waals surface area contributed by atoms with Crippen LogP contribution in [0.25, 0.3) is 10.9 Å². The number of anilines is 1. The Hall–Kier alpha value is -3.28. The highest BCUT2D eigenvalue weighted by atomic mass is 16.5. The molecule has 0 aliphatic heterocycles. The van der Waals surface area contributed by atoms with Crippen molar-refractivity contribution in [2.75, 3.05) is 12.4 Å². The van der Waals surface area contributed by atoms with Crippen molar-refractivity contribution < 1.29 is 19.1 Å². The maximum Gasteiger partial charge on any atom is 0.306 e. The highest BCUT2D eigenvalue weighted by Gasteiger charge is 2.18. The number of carbonyl (C=O) groups is 2. The van der Waals surface area contributed by atoms with Gasteiger partial charge in [-0.2, -0.15) is 0 Å². The molecule has 146 valence electrons. The number of para-hydroxylation sites is 1. The van der Waals surface area contributed by atoms with Crippen LogP contribution in [0.3, 0.4) is 0 Å². The zero-order chi connectivity index (χ0) is 19.9. The van der Waals surface area contributed by atoms with Gasteiger partial charge < -0.3 is 19.8 Å². The molecule has 6 heteroatoms. The first-order valence-corrected chi connectivity index (χ1v) is 9.26. The van der Waals surface area contributed by atoms with Crippen LogP contribution in [0.5, 0.6) is 5.75 Å². The fourth-order valence-electron chi connectivity index (χ4n) is 2.99. The maximum absolute atomic E-state index is 12.2. The van der Waals surface area contributed by atoms with E-state index in [0.29, 0.717) is 17.9 Å². The summed E-state index contributed by atoms with van der Waals surface area (Å²) in [7, 11) is 1.58. The lowest BCUT2D eigenvalue weighted by molar-refractivity contribution is -0.153. The summed E-state index contributed by atoms with van der Waals surface area (Å²) in [6, 6.07) is 15.0. The molecule has 0 saturated carbocycles. The number of fused-ring (bicyclic) bond motifs is 1. The molecule has 2 aromatic carbocycles. The van der Waals surface area contributed by atoms with Crippen molar-refractivity contribution in [3.63, 3.8) is 0 Å². The van der Waals surface area contributed by atoms with Crippen LogP contribution in [-0.2, 0) is 20.7 Å². The summed E-state index contributed by atoms with van der Waals surface area (Å²) in [5.74, 6) is -0.0416. The first kappa shape index (κ1) is 19.5. The number of hydrogen-bond acceptors (Lipinski definition) is 4. The Kier molecular flexibility index (Phi) is 6.32. The summed E-state index contributed by atoms with van der Waals surface area (Å²) in [6.45, 7) is 1.57. The van der Waals surface area contributed by atoms with Gasteiger partial charge in [0.25, 0.3) is 5.91 Å². The molecule has 1 aromatic heterocycles. The number of nitrogens with one attached hydrogen (secondary N) is 2. The largest absolute Gasteiger partial charge is 0.497 e. The number of aryl methyl sites for hydroxylation is 1. The van der Waals surface area contributed by atoms with Gasteiger partial charge in [-0.15, -0.1) is 0 Å². The summed E-state index contributed by atoms with van der Waals surface area (Å²) in [4.78, 5) is 27.5. The van der Waals surface area contributed by atoms with Crippen molar-refractivity contribution in [3.8, 4) is 5.75 Å². The zero-order valence-electron chi connectivity index (χ0n) is 16.0. The predicted octanol–water partition coefficient (Wildman–Crippen LogP) is 4.07. The normalized spacial score (nSPS) is 11.8. The van der Waals surface area contributed by atoms with E-state index < -0.39 is 6.10 Å². The molecule has 6 nitrogen and oxygen atoms in total. The third-order valence-corrected chi connectivity index (χ3v) is 4.54. The lowest BCUT2D eigenvalue weighted by atomic mass is 10.1. The van der Waals surface area contributed by atoms with E-state index in [0.717, 1.165) is 11.9 Å². The molecule has 2 N–H and O–H groups in total. The van der Waals surface area contributed by atoms with E-state index in [2.05, 4.69) is 16.4 Å². The first-order valence-electron chi connectivity index (χ1n) is 9.26. The van der Waals surface area contributed by atoms with E-state index in [4.69, 9.17) is 9.47 Å². The second-order valence-electron chi connectivity index (χ2n) is 6.56. The zero-order valence-corrected chi connectivity index (χ0v) is 16.0. The number of aromatic amines is 1. The Morgan fingerprint density at radius 3 is 2.61 bits per heavy atom. The second-order valence-corrected chi connectivity index (χ2v) is 6.56. The molecular formula is C22H24N2O4. The molecule has 0 saturated heterocycles. The quantitative estimate of drug-likeness (QED) is 0.577. The number of benzene rings is 2. The van der Waals surface area contributed by atoms with Gasteiger partial charge in [0, 0.05) is 29.2 Å².